The molecule has 8 fully saturated rings. The third-order valence-corrected chi connectivity index (χ3v) is 25.5. The van der Waals surface area contributed by atoms with Crippen LogP contribution in [0.1, 0.15) is 136 Å². The SMILES string of the molecule is CCNC(=O)c1ccc(N2CCN(Cc3cnc4c(c3)NC(=O)[C@@H]3CCCN43)CC2)cc1.CCOC(=O)c1ccc(N2CCN(Cc3cnc4c(c3)NC(=O)[C@@H]3CCCN43)CC2)cc1.CCOC(=O)c1ccc(N2CCNCC2)cc1.O=C(O)c1ccc(N2CCN(Cc3cnc4c(c3)NC(=O)[C@@H]3CCCN43)CC2)cc1.O=C1Nc2cc(CO)cnc2N2CCC[C@@H]12. The van der Waals surface area contributed by atoms with Crippen LogP contribution in [-0.4, -0.2) is 267 Å². The fourth-order valence-corrected chi connectivity index (χ4v) is 18.8. The molecule has 0 aliphatic carbocycles. The molecule has 0 bridgehead atoms. The Balaban J connectivity index is 0.000000120. The second-order valence-corrected chi connectivity index (χ2v) is 33.7. The summed E-state index contributed by atoms with van der Waals surface area (Å²) in [7, 11) is 0. The van der Waals surface area contributed by atoms with Crippen LogP contribution < -0.4 is 71.1 Å². The number of rotatable bonds is 18. The predicted octanol–water partition coefficient (Wildman–Crippen LogP) is 8.37. The summed E-state index contributed by atoms with van der Waals surface area (Å²) in [5.41, 5.74) is 14.0. The summed E-state index contributed by atoms with van der Waals surface area (Å²) in [5.74, 6) is 2.41. The van der Waals surface area contributed by atoms with Crippen molar-refractivity contribution in [2.75, 3.05) is 211 Å². The average molecular weight is 1730 g/mol. The Bertz CT molecular complexity index is 5070. The number of anilines is 12. The molecule has 20 rings (SSSR count). The summed E-state index contributed by atoms with van der Waals surface area (Å²) < 4.78 is 10.0. The predicted molar refractivity (Wildman–Crippen MR) is 489 cm³/mol. The molecule has 4 atom stereocenters. The quantitative estimate of drug-likeness (QED) is 0.0374. The largest absolute Gasteiger partial charge is 0.478 e. The maximum atomic E-state index is 12.4. The zero-order valence-electron chi connectivity index (χ0n) is 72.6. The van der Waals surface area contributed by atoms with E-state index in [1.165, 1.54) is 5.69 Å². The lowest BCUT2D eigenvalue weighted by Gasteiger charge is -2.36. The standard InChI is InChI=1S/C24H30N6O2.C24H29N5O3.C22H25N5O3.C13H18N2O2.C11H13N3O2/c1-2-25-23(31)18-5-7-19(8-6-18)29-12-10-28(11-13-29)16-17-14-20-22(26-15-17)30-9-3-4-21(30)24(32)27-20;1-2-32-24(31)18-5-7-19(8-6-18)28-12-10-27(11-13-28)16-17-14-20-22(25-15-17)29-9-3-4-21(29)23(30)26-20;28-21-19-2-1-7-27(19)20-18(24-21)12-15(13-23-20)14-25-8-10-26(11-9-25)17-5-3-16(4-6-17)22(29)30;1-2-17-13(16)11-3-5-12(6-4-11)15-9-7-14-8-10-15;15-6-7-4-8-10(12-5-7)14-3-1-2-9(14)11(16)13-8/h5-8,14-15,21H,2-4,9-13,16H2,1H3,(H,25,31)(H,27,32);5-8,14-15,21H,2-4,9-13,16H2,1H3,(H,26,30);3-6,12-13,19H,1-2,7-11,14H2,(H,24,28)(H,29,30);3-6,14H,2,7-10H2,1H3;4-5,9,15H,1-3,6H2,(H,13,16)/t2*21-;19-;;9-/m000.0/s1. The van der Waals surface area contributed by atoms with Crippen LogP contribution in [0, 0.1) is 0 Å². The summed E-state index contributed by atoms with van der Waals surface area (Å²) in [6.07, 6.45) is 15.3. The average Bonchev–Trinajstić information content (AvgIpc) is 1.75. The highest BCUT2D eigenvalue weighted by Crippen LogP contribution is 2.41. The molecule has 33 nitrogen and oxygen atoms in total. The first kappa shape index (κ1) is 87.9. The number of carboxylic acid groups (broad SMARTS) is 1. The van der Waals surface area contributed by atoms with E-state index in [1.54, 1.807) is 24.4 Å². The monoisotopic (exact) mass is 1730 g/mol. The van der Waals surface area contributed by atoms with Crippen molar-refractivity contribution in [1.29, 1.82) is 0 Å². The van der Waals surface area contributed by atoms with Gasteiger partial charge in [0.2, 0.25) is 23.6 Å². The number of pyridine rings is 4. The first-order valence-corrected chi connectivity index (χ1v) is 44.9. The third kappa shape index (κ3) is 20.8. The van der Waals surface area contributed by atoms with E-state index in [0.29, 0.717) is 42.0 Å². The van der Waals surface area contributed by atoms with Crippen molar-refractivity contribution >= 4 is 116 Å². The van der Waals surface area contributed by atoms with Crippen LogP contribution >= 0.6 is 0 Å². The van der Waals surface area contributed by atoms with E-state index in [0.717, 1.165) is 287 Å². The van der Waals surface area contributed by atoms with Crippen molar-refractivity contribution in [2.45, 2.75) is 123 Å². The van der Waals surface area contributed by atoms with E-state index >= 15 is 0 Å². The van der Waals surface area contributed by atoms with E-state index < -0.39 is 5.97 Å². The van der Waals surface area contributed by atoms with Gasteiger partial charge in [0, 0.05) is 210 Å². The highest BCUT2D eigenvalue weighted by atomic mass is 16.5. The van der Waals surface area contributed by atoms with Crippen LogP contribution in [0.2, 0.25) is 0 Å². The van der Waals surface area contributed by atoms with Crippen LogP contribution in [0.15, 0.2) is 146 Å². The fraction of sp³-hybridized carbons (Fsp3) is 0.447. The van der Waals surface area contributed by atoms with Gasteiger partial charge in [-0.25, -0.2) is 34.3 Å². The van der Waals surface area contributed by atoms with Crippen molar-refractivity contribution in [1.82, 2.24) is 45.3 Å². The summed E-state index contributed by atoms with van der Waals surface area (Å²) in [5, 5.41) is 36.2. The number of esters is 2. The van der Waals surface area contributed by atoms with Crippen molar-refractivity contribution < 1.29 is 58.0 Å². The Hall–Kier alpha value is -12.6. The minimum absolute atomic E-state index is 0.0287. The van der Waals surface area contributed by atoms with Crippen molar-refractivity contribution in [3.63, 3.8) is 0 Å². The number of fused-ring (bicyclic) bond motifs is 12. The van der Waals surface area contributed by atoms with Crippen LogP contribution in [-0.2, 0) is 54.9 Å². The topological polar surface area (TPSA) is 355 Å². The first-order chi connectivity index (χ1) is 61.9. The van der Waals surface area contributed by atoms with Crippen LogP contribution in [0.4, 0.5) is 68.8 Å². The van der Waals surface area contributed by atoms with Crippen molar-refractivity contribution in [3.05, 3.63) is 191 Å². The molecule has 0 unspecified atom stereocenters. The van der Waals surface area contributed by atoms with Gasteiger partial charge in [-0.15, -0.1) is 0 Å². The van der Waals surface area contributed by atoms with Crippen molar-refractivity contribution in [3.8, 4) is 0 Å². The van der Waals surface area contributed by atoms with E-state index in [1.807, 2.05) is 124 Å². The molecule has 127 heavy (non-hydrogen) atoms. The number of hydrogen-bond acceptors (Lipinski definition) is 27. The molecule has 8 N–H and O–H groups in total. The summed E-state index contributed by atoms with van der Waals surface area (Å²) in [6, 6.07) is 38.0. The second-order valence-electron chi connectivity index (χ2n) is 33.7. The zero-order valence-corrected chi connectivity index (χ0v) is 72.6. The van der Waals surface area contributed by atoms with E-state index in [2.05, 4.69) is 114 Å². The molecule has 5 amide bonds. The molecule has 8 aromatic rings. The number of ether oxygens (including phenoxy) is 2. The van der Waals surface area contributed by atoms with Crippen LogP contribution in [0.3, 0.4) is 0 Å². The number of aromatic nitrogens is 4. The third-order valence-electron chi connectivity index (χ3n) is 25.5. The number of amides is 5. The van der Waals surface area contributed by atoms with Gasteiger partial charge in [-0.3, -0.25) is 38.7 Å². The Morgan fingerprint density at radius 1 is 0.378 bits per heavy atom. The van der Waals surface area contributed by atoms with Crippen molar-refractivity contribution in [2.24, 2.45) is 0 Å². The minimum Gasteiger partial charge on any atom is -0.478 e. The molecule has 0 radical (unpaired) electrons. The van der Waals surface area contributed by atoms with Gasteiger partial charge in [0.1, 0.15) is 24.2 Å². The normalized spacial score (nSPS) is 20.3. The number of nitrogens with zero attached hydrogens (tertiary/aromatic N) is 15. The van der Waals surface area contributed by atoms with Gasteiger partial charge < -0.3 is 90.8 Å². The lowest BCUT2D eigenvalue weighted by atomic mass is 10.1. The molecule has 12 aliphatic heterocycles. The number of carbonyl (C=O) groups excluding carboxylic acids is 7. The Kier molecular flexibility index (Phi) is 28.3. The summed E-state index contributed by atoms with van der Waals surface area (Å²) >= 11 is 0. The molecule has 8 saturated heterocycles. The van der Waals surface area contributed by atoms with Crippen LogP contribution in [0.5, 0.6) is 0 Å². The molecular formula is C94H115N21O12. The maximum Gasteiger partial charge on any atom is 0.338 e. The summed E-state index contributed by atoms with van der Waals surface area (Å²) in [6.45, 7) is 28.1. The number of aliphatic hydroxyl groups excluding tert-OH is 1. The number of carboxylic acids is 1. The van der Waals surface area contributed by atoms with Gasteiger partial charge in [0.05, 0.1) is 59.3 Å². The highest BCUT2D eigenvalue weighted by Gasteiger charge is 2.42. The number of nitrogens with one attached hydrogen (secondary N) is 6. The smallest absolute Gasteiger partial charge is 0.338 e. The molecular weight excluding hydrogens is 1620 g/mol. The van der Waals surface area contributed by atoms with Gasteiger partial charge in [0.15, 0.2) is 23.3 Å². The fourth-order valence-electron chi connectivity index (χ4n) is 18.8. The molecule has 0 saturated carbocycles. The Morgan fingerprint density at radius 3 is 0.953 bits per heavy atom. The molecule has 4 aromatic carbocycles. The number of benzene rings is 4. The Morgan fingerprint density at radius 2 is 0.661 bits per heavy atom. The lowest BCUT2D eigenvalue weighted by molar-refractivity contribution is -0.118. The van der Waals surface area contributed by atoms with Gasteiger partial charge in [-0.1, -0.05) is 0 Å². The Labute approximate surface area is 740 Å². The molecule has 12 aliphatic rings. The van der Waals surface area contributed by atoms with E-state index in [4.69, 9.17) is 29.7 Å². The molecule has 668 valence electrons. The van der Waals surface area contributed by atoms with E-state index in [-0.39, 0.29) is 72.2 Å². The number of aromatic carboxylic acids is 1. The highest BCUT2D eigenvalue weighted by molar-refractivity contribution is 6.06. The zero-order chi connectivity index (χ0) is 88.0. The van der Waals surface area contributed by atoms with Gasteiger partial charge >= 0.3 is 17.9 Å². The van der Waals surface area contributed by atoms with Gasteiger partial charge in [0.25, 0.3) is 5.91 Å². The minimum atomic E-state index is -0.901. The molecule has 0 spiro atoms. The number of aliphatic hydroxyl groups is 1. The van der Waals surface area contributed by atoms with Gasteiger partial charge in [-0.2, -0.15) is 0 Å². The number of carbonyl (C=O) groups is 8. The number of hydrogen-bond donors (Lipinski definition) is 8. The molecule has 33 heteroatoms. The second kappa shape index (κ2) is 40.8. The van der Waals surface area contributed by atoms with Gasteiger partial charge in [-0.05, 0) is 216 Å². The van der Waals surface area contributed by atoms with E-state index in [9.17, 15) is 38.4 Å². The molecule has 4 aromatic heterocycles. The maximum absolute atomic E-state index is 12.4. The lowest BCUT2D eigenvalue weighted by Crippen LogP contribution is -2.46. The number of piperazine rings is 4. The van der Waals surface area contributed by atoms with Crippen LogP contribution in [0.25, 0.3) is 0 Å². The summed E-state index contributed by atoms with van der Waals surface area (Å²) in [4.78, 5) is 139. The molecule has 16 heterocycles. The first-order valence-electron chi connectivity index (χ1n) is 44.9.